The van der Waals surface area contributed by atoms with Crippen LogP contribution in [0.25, 0.3) is 0 Å². The van der Waals surface area contributed by atoms with Gasteiger partial charge in [-0.25, -0.2) is 14.5 Å². The van der Waals surface area contributed by atoms with E-state index >= 15 is 0 Å². The van der Waals surface area contributed by atoms with Crippen LogP contribution in [0.15, 0.2) is 17.4 Å². The van der Waals surface area contributed by atoms with E-state index in [0.717, 1.165) is 12.7 Å². The molecule has 1 aromatic heterocycles. The van der Waals surface area contributed by atoms with Crippen LogP contribution in [0.4, 0.5) is 0 Å². The molecule has 5 nitrogen and oxygen atoms in total. The number of nitrogens with one attached hydrogen (secondary N) is 1. The summed E-state index contributed by atoms with van der Waals surface area (Å²) in [7, 11) is 0. The highest BCUT2D eigenvalue weighted by molar-refractivity contribution is 4.46. The van der Waals surface area contributed by atoms with Gasteiger partial charge in [0.05, 0.1) is 0 Å². The van der Waals surface area contributed by atoms with Gasteiger partial charge in [0.15, 0.2) is 0 Å². The molecule has 0 amide bonds. The average molecular weight is 113 g/mol. The summed E-state index contributed by atoms with van der Waals surface area (Å²) in [6.07, 6.45) is 2.04. The molecule has 1 aromatic rings. The number of aromatic nitrogens is 3. The van der Waals surface area contributed by atoms with E-state index in [-0.39, 0.29) is 4.73 Å². The van der Waals surface area contributed by atoms with Crippen LogP contribution in [0, 0.1) is 5.21 Å². The number of rotatable bonds is 0. The van der Waals surface area contributed by atoms with Crippen molar-refractivity contribution in [3.63, 3.8) is 0 Å². The fraction of sp³-hybridized carbons (Fsp3) is 0. The quantitative estimate of drug-likeness (QED) is 0.325. The Morgan fingerprint density at radius 1 is 1.88 bits per heavy atom. The van der Waals surface area contributed by atoms with Crippen molar-refractivity contribution in [2.45, 2.75) is 0 Å². The minimum absolute atomic E-state index is 0.111. The predicted octanol–water partition coefficient (Wildman–Crippen LogP) is -1.60. The average Bonchev–Trinajstić information content (AvgIpc) is 1.77. The molecule has 1 heterocycles. The third-order valence-corrected chi connectivity index (χ3v) is 0.634. The standard InChI is InChI=1S/C3H3N3O2/c7-3-5-1-4-2-6(3)8/h1-2H,(H,4,5,7). The van der Waals surface area contributed by atoms with E-state index in [2.05, 4.69) is 9.97 Å². The van der Waals surface area contributed by atoms with Crippen LogP contribution >= 0.6 is 0 Å². The lowest BCUT2D eigenvalue weighted by Gasteiger charge is -1.92. The lowest BCUT2D eigenvalue weighted by atomic mass is 11.1. The van der Waals surface area contributed by atoms with E-state index in [0.29, 0.717) is 0 Å². The highest BCUT2D eigenvalue weighted by Crippen LogP contribution is 1.48. The first kappa shape index (κ1) is 4.76. The van der Waals surface area contributed by atoms with E-state index in [1.165, 1.54) is 0 Å². The van der Waals surface area contributed by atoms with Crippen molar-refractivity contribution in [3.8, 4) is 0 Å². The van der Waals surface area contributed by atoms with Crippen molar-refractivity contribution in [3.05, 3.63) is 28.3 Å². The maximum absolute atomic E-state index is 10.2. The Morgan fingerprint density at radius 2 is 2.62 bits per heavy atom. The van der Waals surface area contributed by atoms with E-state index < -0.39 is 5.69 Å². The number of hydrogen-bond donors (Lipinski definition) is 1. The Balaban J connectivity index is 3.35. The zero-order valence-electron chi connectivity index (χ0n) is 3.87. The molecule has 0 aliphatic rings. The summed E-state index contributed by atoms with van der Waals surface area (Å²) < 4.78 is 0.111. The second-order valence-corrected chi connectivity index (χ2v) is 1.17. The van der Waals surface area contributed by atoms with Crippen LogP contribution < -0.4 is 10.4 Å². The summed E-state index contributed by atoms with van der Waals surface area (Å²) in [5, 5.41) is 10.1. The van der Waals surface area contributed by atoms with E-state index in [9.17, 15) is 10.0 Å². The van der Waals surface area contributed by atoms with Crippen molar-refractivity contribution in [1.29, 1.82) is 0 Å². The molecule has 0 aromatic carbocycles. The first-order valence-electron chi connectivity index (χ1n) is 1.92. The van der Waals surface area contributed by atoms with Gasteiger partial charge < -0.3 is 5.21 Å². The number of aromatic amines is 1. The zero-order chi connectivity index (χ0) is 5.98. The van der Waals surface area contributed by atoms with Gasteiger partial charge in [-0.3, -0.25) is 0 Å². The molecule has 0 saturated heterocycles. The highest BCUT2D eigenvalue weighted by atomic mass is 16.5. The first-order chi connectivity index (χ1) is 3.80. The molecular formula is C3H3N3O2. The third kappa shape index (κ3) is 0.651. The number of nitrogens with zero attached hydrogens (tertiary/aromatic N) is 2. The second kappa shape index (κ2) is 1.61. The molecule has 8 heavy (non-hydrogen) atoms. The predicted molar refractivity (Wildman–Crippen MR) is 23.8 cm³/mol. The molecule has 0 unspecified atom stereocenters. The maximum atomic E-state index is 10.2. The Bertz CT molecular complexity index is 230. The van der Waals surface area contributed by atoms with Crippen LogP contribution in [0.1, 0.15) is 0 Å². The van der Waals surface area contributed by atoms with Gasteiger partial charge in [-0.15, -0.1) is 0 Å². The minimum Gasteiger partial charge on any atom is -0.738 e. The summed E-state index contributed by atoms with van der Waals surface area (Å²) in [6.45, 7) is 0. The second-order valence-electron chi connectivity index (χ2n) is 1.17. The molecule has 42 valence electrons. The molecule has 1 N–H and O–H groups in total. The van der Waals surface area contributed by atoms with Crippen molar-refractivity contribution < 1.29 is 4.73 Å². The van der Waals surface area contributed by atoms with E-state index in [4.69, 9.17) is 0 Å². The molecule has 0 saturated carbocycles. The van der Waals surface area contributed by atoms with Gasteiger partial charge in [0, 0.05) is 0 Å². The van der Waals surface area contributed by atoms with E-state index in [1.54, 1.807) is 0 Å². The summed E-state index contributed by atoms with van der Waals surface area (Å²) in [5.74, 6) is 0. The van der Waals surface area contributed by atoms with Crippen LogP contribution in [0.3, 0.4) is 0 Å². The van der Waals surface area contributed by atoms with Gasteiger partial charge in [-0.05, 0) is 0 Å². The van der Waals surface area contributed by atoms with Gasteiger partial charge in [0.2, 0.25) is 12.7 Å². The number of hydrogen-bond acceptors (Lipinski definition) is 3. The minimum atomic E-state index is -0.708. The number of H-pyrrole nitrogens is 1. The molecule has 0 fully saturated rings. The Kier molecular flexibility index (Phi) is 0.957. The van der Waals surface area contributed by atoms with Crippen LogP contribution in [-0.4, -0.2) is 9.97 Å². The summed E-state index contributed by atoms with van der Waals surface area (Å²) in [4.78, 5) is 15.6. The molecule has 0 spiro atoms. The first-order valence-corrected chi connectivity index (χ1v) is 1.92. The van der Waals surface area contributed by atoms with Crippen molar-refractivity contribution >= 4 is 0 Å². The van der Waals surface area contributed by atoms with Gasteiger partial charge in [0.25, 0.3) is 0 Å². The lowest BCUT2D eigenvalue weighted by molar-refractivity contribution is -0.628. The summed E-state index contributed by atoms with van der Waals surface area (Å²) in [5.41, 5.74) is -0.708. The van der Waals surface area contributed by atoms with Gasteiger partial charge >= 0.3 is 5.69 Å². The SMILES string of the molecule is O=c1[nH]cnc[n+]1[O-]. The van der Waals surface area contributed by atoms with Crippen LogP contribution in [0.2, 0.25) is 0 Å². The molecule has 0 bridgehead atoms. The summed E-state index contributed by atoms with van der Waals surface area (Å²) in [6, 6.07) is 0. The van der Waals surface area contributed by atoms with Gasteiger partial charge in [0.1, 0.15) is 0 Å². The van der Waals surface area contributed by atoms with Gasteiger partial charge in [-0.1, -0.05) is 4.98 Å². The maximum Gasteiger partial charge on any atom is 0.443 e. The van der Waals surface area contributed by atoms with Crippen molar-refractivity contribution in [2.75, 3.05) is 0 Å². The smallest absolute Gasteiger partial charge is 0.443 e. The summed E-state index contributed by atoms with van der Waals surface area (Å²) >= 11 is 0. The van der Waals surface area contributed by atoms with E-state index in [1.807, 2.05) is 0 Å². The Morgan fingerprint density at radius 3 is 3.00 bits per heavy atom. The monoisotopic (exact) mass is 113 g/mol. The zero-order valence-corrected chi connectivity index (χ0v) is 3.87. The molecule has 0 aliphatic heterocycles. The fourth-order valence-electron chi connectivity index (χ4n) is 0.302. The Hall–Kier alpha value is -1.39. The third-order valence-electron chi connectivity index (χ3n) is 0.634. The highest BCUT2D eigenvalue weighted by Gasteiger charge is 1.86. The van der Waals surface area contributed by atoms with Crippen molar-refractivity contribution in [2.24, 2.45) is 0 Å². The topological polar surface area (TPSA) is 72.7 Å². The fourth-order valence-corrected chi connectivity index (χ4v) is 0.302. The molecule has 0 atom stereocenters. The Labute approximate surface area is 44.2 Å². The molecular weight excluding hydrogens is 110 g/mol. The molecule has 0 aliphatic carbocycles. The van der Waals surface area contributed by atoms with Crippen LogP contribution in [-0.2, 0) is 0 Å². The molecule has 5 heteroatoms. The van der Waals surface area contributed by atoms with Gasteiger partial charge in [-0.2, -0.15) is 0 Å². The van der Waals surface area contributed by atoms with Crippen molar-refractivity contribution in [1.82, 2.24) is 9.97 Å². The molecule has 0 radical (unpaired) electrons. The normalized spacial score (nSPS) is 9.00. The lowest BCUT2D eigenvalue weighted by Crippen LogP contribution is -2.46. The molecule has 1 rings (SSSR count). The van der Waals surface area contributed by atoms with Crippen LogP contribution in [0.5, 0.6) is 0 Å². The largest absolute Gasteiger partial charge is 0.738 e.